The number of carbonyl (C=O) groups excluding carboxylic acids is 4. The number of hydrogen-bond acceptors (Lipinski definition) is 6. The number of nitrogens with one attached hydrogen (secondary N) is 2. The second-order valence-electron chi connectivity index (χ2n) is 9.26. The molecule has 0 saturated heterocycles. The Hall–Kier alpha value is -4.62. The summed E-state index contributed by atoms with van der Waals surface area (Å²) in [5.41, 5.74) is -9.23. The normalized spacial score (nSPS) is 26.4. The average molecular weight is 566 g/mol. The number of halogens is 6. The largest absolute Gasteiger partial charge is 0.426 e. The van der Waals surface area contributed by atoms with E-state index in [2.05, 4.69) is 23.8 Å². The first-order valence-electron chi connectivity index (χ1n) is 11.4. The summed E-state index contributed by atoms with van der Waals surface area (Å²) in [6, 6.07) is 5.46. The standard InChI is InChI=1S/C26H16F6N2O6/c1-3-17(35)33-11-5-7-13-15(9-11)40-22(38)24(26(30,31)32)19(13)23(25(27,28)29)14-8-6-12(34-18(36)4-2)10-16(14)39-21(37)20(23)24/h3-10,19-20H,1-2H2,(H,33,35)(H,34,36). The van der Waals surface area contributed by atoms with E-state index >= 15 is 13.2 Å². The predicted octanol–water partition coefficient (Wildman–Crippen LogP) is 4.54. The van der Waals surface area contributed by atoms with Gasteiger partial charge < -0.3 is 20.1 Å². The van der Waals surface area contributed by atoms with E-state index in [1.54, 1.807) is 0 Å². The van der Waals surface area contributed by atoms with Crippen molar-refractivity contribution in [3.8, 4) is 11.5 Å². The number of benzene rings is 2. The molecular weight excluding hydrogens is 550 g/mol. The molecule has 0 aromatic heterocycles. The molecule has 2 N–H and O–H groups in total. The first-order chi connectivity index (χ1) is 18.6. The van der Waals surface area contributed by atoms with Crippen molar-refractivity contribution in [1.82, 2.24) is 0 Å². The Morgan fingerprint density at radius 1 is 0.775 bits per heavy atom. The van der Waals surface area contributed by atoms with E-state index in [1.165, 1.54) is 0 Å². The van der Waals surface area contributed by atoms with Gasteiger partial charge in [0.05, 0.1) is 0 Å². The number of anilines is 2. The first kappa shape index (κ1) is 27.0. The Bertz CT molecular complexity index is 1530. The van der Waals surface area contributed by atoms with Gasteiger partial charge in [0.1, 0.15) is 22.8 Å². The molecule has 208 valence electrons. The number of esters is 2. The molecular formula is C26H16F6N2O6. The molecule has 0 bridgehead atoms. The number of carbonyl (C=O) groups is 4. The number of fused-ring (bicyclic) bond motifs is 8. The van der Waals surface area contributed by atoms with Gasteiger partial charge in [-0.25, -0.2) is 0 Å². The summed E-state index contributed by atoms with van der Waals surface area (Å²) in [7, 11) is 0. The van der Waals surface area contributed by atoms with Gasteiger partial charge in [-0.3, -0.25) is 19.2 Å². The predicted molar refractivity (Wildman–Crippen MR) is 124 cm³/mol. The molecule has 2 amide bonds. The SMILES string of the molecule is C=CC(=O)Nc1ccc2c(c1)OC(=O)C1(C(F)(F)F)C3C(=O)Oc4cc(NC(=O)C=C)ccc4C3(C(F)(F)F)C21. The Kier molecular flexibility index (Phi) is 5.69. The fraction of sp³-hybridized carbons (Fsp3) is 0.231. The van der Waals surface area contributed by atoms with Gasteiger partial charge in [-0.1, -0.05) is 25.3 Å². The van der Waals surface area contributed by atoms with E-state index in [0.29, 0.717) is 0 Å². The van der Waals surface area contributed by atoms with E-state index in [9.17, 15) is 32.3 Å². The number of hydrogen-bond donors (Lipinski definition) is 2. The minimum absolute atomic E-state index is 0.0982. The van der Waals surface area contributed by atoms with Crippen LogP contribution < -0.4 is 20.1 Å². The maximum Gasteiger partial charge on any atom is 0.406 e. The van der Waals surface area contributed by atoms with Crippen LogP contribution in [0.4, 0.5) is 37.7 Å². The van der Waals surface area contributed by atoms with Gasteiger partial charge in [0.15, 0.2) is 5.41 Å². The van der Waals surface area contributed by atoms with Crippen LogP contribution in [-0.2, 0) is 24.6 Å². The van der Waals surface area contributed by atoms with Crippen LogP contribution in [0.5, 0.6) is 11.5 Å². The van der Waals surface area contributed by atoms with Crippen LogP contribution in [-0.4, -0.2) is 36.1 Å². The summed E-state index contributed by atoms with van der Waals surface area (Å²) >= 11 is 0. The van der Waals surface area contributed by atoms with Crippen LogP contribution >= 0.6 is 0 Å². The minimum Gasteiger partial charge on any atom is -0.426 e. The van der Waals surface area contributed by atoms with Crippen LogP contribution in [0, 0.1) is 11.3 Å². The lowest BCUT2D eigenvalue weighted by atomic mass is 9.34. The molecule has 4 unspecified atom stereocenters. The fourth-order valence-electron chi connectivity index (χ4n) is 5.99. The van der Waals surface area contributed by atoms with Crippen molar-refractivity contribution in [2.45, 2.75) is 23.7 Å². The van der Waals surface area contributed by atoms with Crippen molar-refractivity contribution in [2.75, 3.05) is 10.6 Å². The maximum atomic E-state index is 15.2. The number of amides is 2. The molecule has 40 heavy (non-hydrogen) atoms. The molecule has 0 spiro atoms. The number of ether oxygens (including phenoxy) is 2. The van der Waals surface area contributed by atoms with E-state index in [4.69, 9.17) is 9.47 Å². The van der Waals surface area contributed by atoms with Crippen molar-refractivity contribution in [3.63, 3.8) is 0 Å². The second kappa shape index (κ2) is 8.44. The molecule has 2 aromatic rings. The smallest absolute Gasteiger partial charge is 0.406 e. The van der Waals surface area contributed by atoms with E-state index in [1.807, 2.05) is 0 Å². The van der Waals surface area contributed by atoms with Gasteiger partial charge >= 0.3 is 24.3 Å². The molecule has 1 saturated carbocycles. The van der Waals surface area contributed by atoms with Crippen molar-refractivity contribution in [2.24, 2.45) is 11.3 Å². The van der Waals surface area contributed by atoms with E-state index in [-0.39, 0.29) is 11.4 Å². The first-order valence-corrected chi connectivity index (χ1v) is 11.4. The topological polar surface area (TPSA) is 111 Å². The molecule has 4 atom stereocenters. The monoisotopic (exact) mass is 566 g/mol. The van der Waals surface area contributed by atoms with Gasteiger partial charge in [0.2, 0.25) is 11.8 Å². The molecule has 14 heteroatoms. The van der Waals surface area contributed by atoms with Crippen LogP contribution in [0.15, 0.2) is 61.7 Å². The lowest BCUT2D eigenvalue weighted by Crippen LogP contribution is -2.82. The van der Waals surface area contributed by atoms with Gasteiger partial charge in [0.25, 0.3) is 0 Å². The van der Waals surface area contributed by atoms with Gasteiger partial charge in [0, 0.05) is 40.6 Å². The maximum absolute atomic E-state index is 15.2. The van der Waals surface area contributed by atoms with Crippen LogP contribution in [0.2, 0.25) is 0 Å². The third-order valence-corrected chi connectivity index (χ3v) is 7.40. The van der Waals surface area contributed by atoms with Gasteiger partial charge in [-0.05, 0) is 24.3 Å². The summed E-state index contributed by atoms with van der Waals surface area (Å²) in [5.74, 6) is -12.7. The Labute approximate surface area is 220 Å². The average Bonchev–Trinajstić information content (AvgIpc) is 2.83. The Balaban J connectivity index is 1.80. The molecule has 1 fully saturated rings. The van der Waals surface area contributed by atoms with Crippen molar-refractivity contribution < 1.29 is 55.0 Å². The highest BCUT2D eigenvalue weighted by atomic mass is 19.4. The summed E-state index contributed by atoms with van der Waals surface area (Å²) < 4.78 is 99.9. The van der Waals surface area contributed by atoms with Crippen molar-refractivity contribution >= 4 is 35.1 Å². The molecule has 3 aliphatic rings. The van der Waals surface area contributed by atoms with E-state index < -0.39 is 81.4 Å². The quantitative estimate of drug-likeness (QED) is 0.244. The van der Waals surface area contributed by atoms with E-state index in [0.717, 1.165) is 48.6 Å². The second-order valence-corrected chi connectivity index (χ2v) is 9.26. The minimum atomic E-state index is -5.68. The van der Waals surface area contributed by atoms with Crippen LogP contribution in [0.1, 0.15) is 17.0 Å². The highest BCUT2D eigenvalue weighted by Crippen LogP contribution is 2.81. The Morgan fingerprint density at radius 3 is 1.82 bits per heavy atom. The highest BCUT2D eigenvalue weighted by Gasteiger charge is 2.95. The third-order valence-electron chi connectivity index (χ3n) is 7.40. The zero-order valence-electron chi connectivity index (χ0n) is 19.9. The summed E-state index contributed by atoms with van der Waals surface area (Å²) in [6.45, 7) is 6.48. The Morgan fingerprint density at radius 2 is 1.30 bits per heavy atom. The lowest BCUT2D eigenvalue weighted by molar-refractivity contribution is -0.353. The number of rotatable bonds is 4. The fourth-order valence-corrected chi connectivity index (χ4v) is 5.99. The highest BCUT2D eigenvalue weighted by molar-refractivity contribution is 6.01. The number of alkyl halides is 6. The molecule has 2 heterocycles. The molecule has 1 aliphatic carbocycles. The van der Waals surface area contributed by atoms with Crippen molar-refractivity contribution in [3.05, 3.63) is 72.8 Å². The molecule has 5 rings (SSSR count). The molecule has 2 aromatic carbocycles. The lowest BCUT2D eigenvalue weighted by Gasteiger charge is -2.67. The summed E-state index contributed by atoms with van der Waals surface area (Å²) in [4.78, 5) is 49.5. The van der Waals surface area contributed by atoms with Gasteiger partial charge in [-0.15, -0.1) is 0 Å². The van der Waals surface area contributed by atoms with Crippen LogP contribution in [0.3, 0.4) is 0 Å². The third kappa shape index (κ3) is 3.27. The molecule has 2 aliphatic heterocycles. The zero-order valence-corrected chi connectivity index (χ0v) is 19.9. The zero-order chi connectivity index (χ0) is 29.4. The van der Waals surface area contributed by atoms with Gasteiger partial charge in [-0.2, -0.15) is 26.3 Å². The molecule has 8 nitrogen and oxygen atoms in total. The summed E-state index contributed by atoms with van der Waals surface area (Å²) in [5, 5.41) is 4.54. The van der Waals surface area contributed by atoms with Crippen LogP contribution in [0.25, 0.3) is 0 Å². The molecule has 0 radical (unpaired) electrons. The summed E-state index contributed by atoms with van der Waals surface area (Å²) in [6.07, 6.45) is -9.48. The van der Waals surface area contributed by atoms with Crippen molar-refractivity contribution in [1.29, 1.82) is 0 Å².